The lowest BCUT2D eigenvalue weighted by molar-refractivity contribution is 0.0386. The van der Waals surface area contributed by atoms with E-state index in [0.29, 0.717) is 18.4 Å². The van der Waals surface area contributed by atoms with E-state index in [-0.39, 0.29) is 6.10 Å². The van der Waals surface area contributed by atoms with Crippen molar-refractivity contribution in [2.24, 2.45) is 0 Å². The quantitative estimate of drug-likeness (QED) is 0.762. The first-order valence-corrected chi connectivity index (χ1v) is 5.38. The van der Waals surface area contributed by atoms with E-state index in [4.69, 9.17) is 9.26 Å². The van der Waals surface area contributed by atoms with Crippen LogP contribution < -0.4 is 5.32 Å². The molecule has 0 bridgehead atoms. The van der Waals surface area contributed by atoms with E-state index in [9.17, 15) is 0 Å². The van der Waals surface area contributed by atoms with E-state index >= 15 is 0 Å². The molecule has 1 aliphatic carbocycles. The van der Waals surface area contributed by atoms with Crippen molar-refractivity contribution < 1.29 is 9.26 Å². The minimum Gasteiger partial charge on any atom is -0.367 e. The molecular weight excluding hydrogens is 194 g/mol. The summed E-state index contributed by atoms with van der Waals surface area (Å²) in [4.78, 5) is 4.28. The summed E-state index contributed by atoms with van der Waals surface area (Å²) < 4.78 is 10.6. The summed E-state index contributed by atoms with van der Waals surface area (Å²) in [5.74, 6) is 1.96. The van der Waals surface area contributed by atoms with Crippen LogP contribution in [0.2, 0.25) is 0 Å². The van der Waals surface area contributed by atoms with E-state index in [1.54, 1.807) is 0 Å². The van der Waals surface area contributed by atoms with Gasteiger partial charge >= 0.3 is 0 Å². The summed E-state index contributed by atoms with van der Waals surface area (Å²) >= 11 is 0. The van der Waals surface area contributed by atoms with Crippen molar-refractivity contribution in [2.45, 2.75) is 38.4 Å². The Morgan fingerprint density at radius 1 is 1.60 bits per heavy atom. The fraction of sp³-hybridized carbons (Fsp3) is 0.800. The number of hydrogen-bond donors (Lipinski definition) is 1. The van der Waals surface area contributed by atoms with Crippen LogP contribution in [0.1, 0.15) is 37.4 Å². The van der Waals surface area contributed by atoms with Gasteiger partial charge in [-0.2, -0.15) is 4.98 Å². The molecule has 1 N–H and O–H groups in total. The van der Waals surface area contributed by atoms with Gasteiger partial charge in [0.2, 0.25) is 0 Å². The maximum Gasteiger partial charge on any atom is 0.252 e. The smallest absolute Gasteiger partial charge is 0.252 e. The van der Waals surface area contributed by atoms with Gasteiger partial charge in [0.05, 0.1) is 6.10 Å². The zero-order chi connectivity index (χ0) is 10.7. The van der Waals surface area contributed by atoms with Crippen molar-refractivity contribution in [3.8, 4) is 0 Å². The van der Waals surface area contributed by atoms with E-state index in [1.165, 1.54) is 12.8 Å². The molecule has 1 aliphatic rings. The lowest BCUT2D eigenvalue weighted by Gasteiger charge is -2.09. The Labute approximate surface area is 89.2 Å². The average Bonchev–Trinajstić information content (AvgIpc) is 2.96. The standard InChI is InChI=1S/C10H17N3O2/c1-7(5-11-2)14-6-9-12-10(13-15-9)8-3-4-8/h7-8,11H,3-6H2,1-2H3. The molecule has 1 heterocycles. The van der Waals surface area contributed by atoms with Crippen LogP contribution in [0.4, 0.5) is 0 Å². The largest absolute Gasteiger partial charge is 0.367 e. The van der Waals surface area contributed by atoms with E-state index in [0.717, 1.165) is 12.4 Å². The summed E-state index contributed by atoms with van der Waals surface area (Å²) in [5, 5.41) is 6.97. The van der Waals surface area contributed by atoms with Crippen LogP contribution in [0.25, 0.3) is 0 Å². The second-order valence-corrected chi connectivity index (χ2v) is 4.00. The summed E-state index contributed by atoms with van der Waals surface area (Å²) in [6.07, 6.45) is 2.54. The first kappa shape index (κ1) is 10.6. The zero-order valence-corrected chi connectivity index (χ0v) is 9.19. The fourth-order valence-electron chi connectivity index (χ4n) is 1.39. The molecule has 1 aromatic heterocycles. The van der Waals surface area contributed by atoms with Crippen LogP contribution in [0, 0.1) is 0 Å². The molecule has 1 fully saturated rings. The first-order valence-electron chi connectivity index (χ1n) is 5.38. The highest BCUT2D eigenvalue weighted by Gasteiger charge is 2.28. The van der Waals surface area contributed by atoms with Gasteiger partial charge in [0, 0.05) is 12.5 Å². The summed E-state index contributed by atoms with van der Waals surface area (Å²) in [6.45, 7) is 3.24. The van der Waals surface area contributed by atoms with Crippen molar-refractivity contribution in [1.29, 1.82) is 0 Å². The third-order valence-corrected chi connectivity index (χ3v) is 2.41. The Morgan fingerprint density at radius 2 is 2.40 bits per heavy atom. The van der Waals surface area contributed by atoms with Gasteiger partial charge in [-0.3, -0.25) is 0 Å². The molecule has 15 heavy (non-hydrogen) atoms. The Morgan fingerprint density at radius 3 is 3.07 bits per heavy atom. The molecule has 0 aliphatic heterocycles. The molecule has 0 spiro atoms. The molecule has 1 aromatic rings. The molecule has 2 rings (SSSR count). The van der Waals surface area contributed by atoms with Crippen molar-refractivity contribution in [3.63, 3.8) is 0 Å². The molecule has 5 nitrogen and oxygen atoms in total. The van der Waals surface area contributed by atoms with Crippen LogP contribution in [-0.4, -0.2) is 29.8 Å². The first-order chi connectivity index (χ1) is 7.29. The van der Waals surface area contributed by atoms with Gasteiger partial charge in [-0.25, -0.2) is 0 Å². The summed E-state index contributed by atoms with van der Waals surface area (Å²) in [5.41, 5.74) is 0. The molecule has 1 saturated carbocycles. The van der Waals surface area contributed by atoms with Crippen molar-refractivity contribution >= 4 is 0 Å². The van der Waals surface area contributed by atoms with Crippen LogP contribution in [0.3, 0.4) is 0 Å². The van der Waals surface area contributed by atoms with Crippen molar-refractivity contribution in [1.82, 2.24) is 15.5 Å². The van der Waals surface area contributed by atoms with E-state index < -0.39 is 0 Å². The molecule has 1 atom stereocenters. The van der Waals surface area contributed by atoms with Gasteiger partial charge in [0.25, 0.3) is 5.89 Å². The SMILES string of the molecule is CNCC(C)OCc1nc(C2CC2)no1. The lowest BCUT2D eigenvalue weighted by atomic mass is 10.4. The number of hydrogen-bond acceptors (Lipinski definition) is 5. The highest BCUT2D eigenvalue weighted by Crippen LogP contribution is 2.38. The van der Waals surface area contributed by atoms with Gasteiger partial charge in [-0.1, -0.05) is 5.16 Å². The number of nitrogens with one attached hydrogen (secondary N) is 1. The normalized spacial score (nSPS) is 18.0. The number of aromatic nitrogens is 2. The molecule has 0 aromatic carbocycles. The van der Waals surface area contributed by atoms with Crippen LogP contribution in [0.15, 0.2) is 4.52 Å². The minimum atomic E-state index is 0.159. The Kier molecular flexibility index (Phi) is 3.33. The fourth-order valence-corrected chi connectivity index (χ4v) is 1.39. The highest BCUT2D eigenvalue weighted by molar-refractivity contribution is 5.02. The molecular formula is C10H17N3O2. The third kappa shape index (κ3) is 3.00. The number of likely N-dealkylation sites (N-methyl/N-ethyl adjacent to an activating group) is 1. The minimum absolute atomic E-state index is 0.159. The Balaban J connectivity index is 1.77. The Hall–Kier alpha value is -0.940. The molecule has 0 amide bonds. The van der Waals surface area contributed by atoms with Gasteiger partial charge < -0.3 is 14.6 Å². The molecule has 5 heteroatoms. The van der Waals surface area contributed by atoms with Crippen LogP contribution in [-0.2, 0) is 11.3 Å². The molecule has 1 unspecified atom stereocenters. The molecule has 0 radical (unpaired) electrons. The van der Waals surface area contributed by atoms with Crippen LogP contribution >= 0.6 is 0 Å². The third-order valence-electron chi connectivity index (χ3n) is 2.41. The summed E-state index contributed by atoms with van der Waals surface area (Å²) in [7, 11) is 1.90. The number of rotatable bonds is 6. The van der Waals surface area contributed by atoms with Gasteiger partial charge in [0.1, 0.15) is 6.61 Å². The van der Waals surface area contributed by atoms with Gasteiger partial charge in [-0.15, -0.1) is 0 Å². The predicted molar refractivity (Wildman–Crippen MR) is 54.5 cm³/mol. The van der Waals surface area contributed by atoms with E-state index in [2.05, 4.69) is 15.5 Å². The molecule has 0 saturated heterocycles. The monoisotopic (exact) mass is 211 g/mol. The predicted octanol–water partition coefficient (Wildman–Crippen LogP) is 1.07. The Bertz CT molecular complexity index is 309. The number of ether oxygens (including phenoxy) is 1. The highest BCUT2D eigenvalue weighted by atomic mass is 16.5. The molecule has 84 valence electrons. The summed E-state index contributed by atoms with van der Waals surface area (Å²) in [6, 6.07) is 0. The van der Waals surface area contributed by atoms with Gasteiger partial charge in [0.15, 0.2) is 5.82 Å². The lowest BCUT2D eigenvalue weighted by Crippen LogP contribution is -2.23. The zero-order valence-electron chi connectivity index (χ0n) is 9.19. The van der Waals surface area contributed by atoms with Gasteiger partial charge in [-0.05, 0) is 26.8 Å². The second-order valence-electron chi connectivity index (χ2n) is 4.00. The van der Waals surface area contributed by atoms with Crippen LogP contribution in [0.5, 0.6) is 0 Å². The number of nitrogens with zero attached hydrogens (tertiary/aromatic N) is 2. The van der Waals surface area contributed by atoms with Crippen molar-refractivity contribution in [2.75, 3.05) is 13.6 Å². The van der Waals surface area contributed by atoms with E-state index in [1.807, 2.05) is 14.0 Å². The van der Waals surface area contributed by atoms with Crippen molar-refractivity contribution in [3.05, 3.63) is 11.7 Å². The maximum atomic E-state index is 5.52. The maximum absolute atomic E-state index is 5.52. The topological polar surface area (TPSA) is 60.2 Å². The average molecular weight is 211 g/mol. The second kappa shape index (κ2) is 4.72.